The summed E-state index contributed by atoms with van der Waals surface area (Å²) in [4.78, 5) is 0. The van der Waals surface area contributed by atoms with E-state index in [1.807, 2.05) is 0 Å². The summed E-state index contributed by atoms with van der Waals surface area (Å²) in [6, 6.07) is 0. The van der Waals surface area contributed by atoms with Crippen LogP contribution >= 0.6 is 11.6 Å². The first kappa shape index (κ1) is 11.2. The van der Waals surface area contributed by atoms with Gasteiger partial charge < -0.3 is 0 Å². The van der Waals surface area contributed by atoms with Crippen LogP contribution in [0.3, 0.4) is 0 Å². The molecule has 0 N–H and O–H groups in total. The zero-order valence-corrected chi connectivity index (χ0v) is 8.24. The molecule has 0 saturated carbocycles. The summed E-state index contributed by atoms with van der Waals surface area (Å²) < 4.78 is 20.2. The van der Waals surface area contributed by atoms with Gasteiger partial charge in [0.15, 0.2) is 0 Å². The molecule has 0 heterocycles. The molecule has 0 saturated heterocycles. The summed E-state index contributed by atoms with van der Waals surface area (Å²) in [5.41, 5.74) is 0. The Morgan fingerprint density at radius 2 is 1.45 bits per heavy atom. The van der Waals surface area contributed by atoms with Gasteiger partial charge in [-0.25, -0.2) is 8.42 Å². The summed E-state index contributed by atoms with van der Waals surface area (Å²) in [5, 5.41) is 0. The average molecular weight is 199 g/mol. The summed E-state index contributed by atoms with van der Waals surface area (Å²) in [6.45, 7) is 0. The van der Waals surface area contributed by atoms with Crippen LogP contribution < -0.4 is 0 Å². The van der Waals surface area contributed by atoms with Crippen LogP contribution in [0.25, 0.3) is 0 Å². The monoisotopic (exact) mass is 198 g/mol. The van der Waals surface area contributed by atoms with Gasteiger partial charge in [0.25, 0.3) is 0 Å². The van der Waals surface area contributed by atoms with Gasteiger partial charge in [-0.2, -0.15) is 0 Å². The molecule has 2 nitrogen and oxygen atoms in total. The second-order valence-electron chi connectivity index (χ2n) is 2.51. The lowest BCUT2D eigenvalue weighted by Crippen LogP contribution is -1.87. The van der Waals surface area contributed by atoms with E-state index in [1.165, 1.54) is 0 Å². The number of halogens is 1. The molecule has 0 rings (SSSR count). The fraction of sp³-hybridized carbons (Fsp3) is 1.00. The van der Waals surface area contributed by atoms with Crippen molar-refractivity contribution in [2.75, 3.05) is 11.6 Å². The van der Waals surface area contributed by atoms with E-state index in [-0.39, 0.29) is 0 Å². The lowest BCUT2D eigenvalue weighted by atomic mass is 10.2. The van der Waals surface area contributed by atoms with Gasteiger partial charge in [-0.1, -0.05) is 19.3 Å². The molecule has 0 fully saturated rings. The van der Waals surface area contributed by atoms with Gasteiger partial charge >= 0.3 is 0 Å². The number of hydrogen-bond donors (Lipinski definition) is 1. The molecule has 0 aliphatic rings. The van der Waals surface area contributed by atoms with Crippen molar-refractivity contribution in [1.82, 2.24) is 0 Å². The van der Waals surface area contributed by atoms with E-state index < -0.39 is 10.7 Å². The molecule has 0 aromatic heterocycles. The van der Waals surface area contributed by atoms with Crippen molar-refractivity contribution in [1.29, 1.82) is 0 Å². The molecule has 68 valence electrons. The number of thiol groups is 1. The van der Waals surface area contributed by atoms with Gasteiger partial charge in [0, 0.05) is 11.6 Å². The highest BCUT2D eigenvalue weighted by molar-refractivity contribution is 7.72. The minimum Gasteiger partial charge on any atom is -0.232 e. The van der Waals surface area contributed by atoms with E-state index in [1.54, 1.807) is 0 Å². The maximum absolute atomic E-state index is 10.1. The average Bonchev–Trinajstić information content (AvgIpc) is 1.96. The first-order chi connectivity index (χ1) is 5.27. The Morgan fingerprint density at radius 1 is 0.909 bits per heavy atom. The highest BCUT2D eigenvalue weighted by Crippen LogP contribution is 2.03. The smallest absolute Gasteiger partial charge is 0.140 e. The first-order valence-corrected chi connectivity index (χ1v) is 5.85. The summed E-state index contributed by atoms with van der Waals surface area (Å²) in [5.74, 6) is 1.06. The molecule has 0 aliphatic heterocycles. The predicted octanol–water partition coefficient (Wildman–Crippen LogP) is 1.79. The lowest BCUT2D eigenvalue weighted by molar-refractivity contribution is 0.604. The van der Waals surface area contributed by atoms with Gasteiger partial charge in [0.2, 0.25) is 0 Å². The lowest BCUT2D eigenvalue weighted by Gasteiger charge is -1.95. The SMILES string of the molecule is O=[SH](=O)CCCCCCCCl. The van der Waals surface area contributed by atoms with E-state index in [0.29, 0.717) is 5.75 Å². The third-order valence-electron chi connectivity index (χ3n) is 1.47. The fourth-order valence-corrected chi connectivity index (χ4v) is 1.54. The molecular formula is C7H15ClO2S. The van der Waals surface area contributed by atoms with E-state index in [9.17, 15) is 8.42 Å². The standard InChI is InChI=1S/C7H15ClO2S/c8-6-4-2-1-3-5-7-11(9)10/h11H,1-7H2. The number of alkyl halides is 1. The molecule has 0 aliphatic carbocycles. The second-order valence-corrected chi connectivity index (χ2v) is 4.00. The van der Waals surface area contributed by atoms with E-state index in [2.05, 4.69) is 0 Å². The molecule has 0 spiro atoms. The Morgan fingerprint density at radius 3 is 2.00 bits per heavy atom. The zero-order chi connectivity index (χ0) is 8.53. The molecule has 0 radical (unpaired) electrons. The third-order valence-corrected chi connectivity index (χ3v) is 2.42. The minimum absolute atomic E-state index is 0.343. The zero-order valence-electron chi connectivity index (χ0n) is 6.59. The van der Waals surface area contributed by atoms with E-state index in [4.69, 9.17) is 11.6 Å². The Bertz CT molecular complexity index is 137. The number of unbranched alkanes of at least 4 members (excludes halogenated alkanes) is 4. The Balaban J connectivity index is 2.90. The van der Waals surface area contributed by atoms with Crippen LogP contribution in [0.1, 0.15) is 32.1 Å². The van der Waals surface area contributed by atoms with Crippen LogP contribution in [0.15, 0.2) is 0 Å². The van der Waals surface area contributed by atoms with Crippen molar-refractivity contribution in [3.8, 4) is 0 Å². The van der Waals surface area contributed by atoms with Crippen LogP contribution in [-0.4, -0.2) is 20.1 Å². The second kappa shape index (κ2) is 8.34. The quantitative estimate of drug-likeness (QED) is 0.385. The normalized spacial score (nSPS) is 10.7. The van der Waals surface area contributed by atoms with Crippen LogP contribution in [0.4, 0.5) is 0 Å². The van der Waals surface area contributed by atoms with Crippen LogP contribution in [-0.2, 0) is 10.7 Å². The van der Waals surface area contributed by atoms with Crippen molar-refractivity contribution in [2.24, 2.45) is 0 Å². The number of hydrogen-bond acceptors (Lipinski definition) is 2. The largest absolute Gasteiger partial charge is 0.232 e. The van der Waals surface area contributed by atoms with Crippen molar-refractivity contribution < 1.29 is 8.42 Å². The predicted molar refractivity (Wildman–Crippen MR) is 49.0 cm³/mol. The maximum Gasteiger partial charge on any atom is 0.140 e. The first-order valence-electron chi connectivity index (χ1n) is 3.95. The topological polar surface area (TPSA) is 34.1 Å². The van der Waals surface area contributed by atoms with E-state index in [0.717, 1.165) is 38.0 Å². The van der Waals surface area contributed by atoms with Gasteiger partial charge in [0.1, 0.15) is 10.7 Å². The van der Waals surface area contributed by atoms with Gasteiger partial charge in [-0.3, -0.25) is 0 Å². The summed E-state index contributed by atoms with van der Waals surface area (Å²) in [6.07, 6.45) is 5.10. The highest BCUT2D eigenvalue weighted by Gasteiger charge is 1.90. The molecule has 0 aromatic carbocycles. The van der Waals surface area contributed by atoms with Crippen LogP contribution in [0.5, 0.6) is 0 Å². The van der Waals surface area contributed by atoms with Crippen LogP contribution in [0.2, 0.25) is 0 Å². The van der Waals surface area contributed by atoms with Gasteiger partial charge in [-0.05, 0) is 12.8 Å². The van der Waals surface area contributed by atoms with Gasteiger partial charge in [0.05, 0.1) is 0 Å². The fourth-order valence-electron chi connectivity index (χ4n) is 0.866. The molecule has 0 amide bonds. The Labute approximate surface area is 74.9 Å². The molecule has 11 heavy (non-hydrogen) atoms. The Kier molecular flexibility index (Phi) is 8.52. The van der Waals surface area contributed by atoms with Crippen LogP contribution in [0, 0.1) is 0 Å². The van der Waals surface area contributed by atoms with Crippen molar-refractivity contribution in [2.45, 2.75) is 32.1 Å². The van der Waals surface area contributed by atoms with Crippen molar-refractivity contribution in [3.05, 3.63) is 0 Å². The molecule has 0 bridgehead atoms. The molecular weight excluding hydrogens is 184 g/mol. The Hall–Kier alpha value is 0.240. The van der Waals surface area contributed by atoms with Crippen molar-refractivity contribution >= 4 is 22.3 Å². The highest BCUT2D eigenvalue weighted by atomic mass is 35.5. The minimum atomic E-state index is -2.15. The molecule has 0 aromatic rings. The molecule has 0 atom stereocenters. The summed E-state index contributed by atoms with van der Waals surface area (Å²) in [7, 11) is -2.15. The number of rotatable bonds is 7. The van der Waals surface area contributed by atoms with Gasteiger partial charge in [-0.15, -0.1) is 11.6 Å². The third kappa shape index (κ3) is 10.2. The molecule has 4 heteroatoms. The molecule has 0 unspecified atom stereocenters. The van der Waals surface area contributed by atoms with E-state index >= 15 is 0 Å². The summed E-state index contributed by atoms with van der Waals surface area (Å²) >= 11 is 5.47. The maximum atomic E-state index is 10.1. The van der Waals surface area contributed by atoms with Crippen molar-refractivity contribution in [3.63, 3.8) is 0 Å².